The Kier molecular flexibility index (Phi) is 6.30. The first-order chi connectivity index (χ1) is 13.8. The summed E-state index contributed by atoms with van der Waals surface area (Å²) in [7, 11) is -0.994. The number of hydrogen-bond acceptors (Lipinski definition) is 4. The predicted octanol–water partition coefficient (Wildman–Crippen LogP) is 4.89. The highest BCUT2D eigenvalue weighted by molar-refractivity contribution is 7.92. The van der Waals surface area contributed by atoms with E-state index in [2.05, 4.69) is 0 Å². The fourth-order valence-electron chi connectivity index (χ4n) is 2.74. The third-order valence-corrected chi connectivity index (χ3v) is 6.31. The second kappa shape index (κ2) is 8.71. The van der Waals surface area contributed by atoms with E-state index in [1.54, 1.807) is 18.2 Å². The lowest BCUT2D eigenvalue weighted by molar-refractivity contribution is 0.394. The van der Waals surface area contributed by atoms with Gasteiger partial charge in [-0.25, -0.2) is 12.8 Å². The number of hydrogen-bond donors (Lipinski definition) is 0. The molecule has 8 heteroatoms. The monoisotopic (exact) mass is 435 g/mol. The minimum atomic E-state index is -3.96. The summed E-state index contributed by atoms with van der Waals surface area (Å²) in [6, 6.07) is 16.4. The maximum atomic E-state index is 13.4. The molecule has 0 atom stereocenters. The van der Waals surface area contributed by atoms with Gasteiger partial charge in [-0.2, -0.15) is 0 Å². The molecule has 0 aliphatic heterocycles. The Morgan fingerprint density at radius 1 is 0.897 bits per heavy atom. The van der Waals surface area contributed by atoms with E-state index in [1.165, 1.54) is 67.1 Å². The normalized spacial score (nSPS) is 11.2. The van der Waals surface area contributed by atoms with E-state index in [9.17, 15) is 12.8 Å². The van der Waals surface area contributed by atoms with Gasteiger partial charge in [0.2, 0.25) is 0 Å². The van der Waals surface area contributed by atoms with Gasteiger partial charge in [0.25, 0.3) is 10.0 Å². The van der Waals surface area contributed by atoms with E-state index in [1.807, 2.05) is 0 Å². The predicted molar refractivity (Wildman–Crippen MR) is 111 cm³/mol. The maximum absolute atomic E-state index is 13.4. The summed E-state index contributed by atoms with van der Waals surface area (Å²) in [6.45, 7) is -0.0123. The molecule has 3 aromatic rings. The van der Waals surface area contributed by atoms with Crippen molar-refractivity contribution in [3.05, 3.63) is 83.1 Å². The first-order valence-corrected chi connectivity index (χ1v) is 10.4. The van der Waals surface area contributed by atoms with Crippen molar-refractivity contribution in [2.75, 3.05) is 18.5 Å². The summed E-state index contributed by atoms with van der Waals surface area (Å²) >= 11 is 5.91. The molecule has 0 bridgehead atoms. The van der Waals surface area contributed by atoms with Crippen LogP contribution in [-0.2, 0) is 16.6 Å². The van der Waals surface area contributed by atoms with Gasteiger partial charge in [-0.1, -0.05) is 23.7 Å². The van der Waals surface area contributed by atoms with Crippen LogP contribution in [0.25, 0.3) is 0 Å². The highest BCUT2D eigenvalue weighted by atomic mass is 35.5. The molecule has 3 rings (SSSR count). The van der Waals surface area contributed by atoms with Gasteiger partial charge in [-0.15, -0.1) is 0 Å². The maximum Gasteiger partial charge on any atom is 0.264 e. The fraction of sp³-hybridized carbons (Fsp3) is 0.143. The van der Waals surface area contributed by atoms with Gasteiger partial charge >= 0.3 is 0 Å². The van der Waals surface area contributed by atoms with Gasteiger partial charge in [0.15, 0.2) is 0 Å². The Morgan fingerprint density at radius 3 is 1.97 bits per heavy atom. The standard InChI is InChI=1S/C21H19ClFNO4S/c1-27-19-11-18(12-20(13-19)28-2)24(14-15-3-7-17(23)8-4-15)29(25,26)21-9-5-16(22)6-10-21/h3-13H,14H2,1-2H3. The number of halogens is 2. The third-order valence-electron chi connectivity index (χ3n) is 4.27. The minimum Gasteiger partial charge on any atom is -0.497 e. The molecule has 0 fully saturated rings. The fourth-order valence-corrected chi connectivity index (χ4v) is 4.30. The highest BCUT2D eigenvalue weighted by Crippen LogP contribution is 2.33. The van der Waals surface area contributed by atoms with Crippen LogP contribution in [0.5, 0.6) is 11.5 Å². The number of rotatable bonds is 7. The van der Waals surface area contributed by atoms with E-state index >= 15 is 0 Å². The van der Waals surface area contributed by atoms with Crippen molar-refractivity contribution in [2.24, 2.45) is 0 Å². The number of methoxy groups -OCH3 is 2. The Balaban J connectivity index is 2.13. The molecule has 0 spiro atoms. The van der Waals surface area contributed by atoms with Gasteiger partial charge in [0, 0.05) is 23.2 Å². The summed E-state index contributed by atoms with van der Waals surface area (Å²) in [5, 5.41) is 0.428. The van der Waals surface area contributed by atoms with Crippen LogP contribution >= 0.6 is 11.6 Å². The second-order valence-corrected chi connectivity index (χ2v) is 8.46. The Bertz CT molecular complexity index is 1060. The van der Waals surface area contributed by atoms with Crippen molar-refractivity contribution in [3.63, 3.8) is 0 Å². The lowest BCUT2D eigenvalue weighted by atomic mass is 10.2. The summed E-state index contributed by atoms with van der Waals surface area (Å²) in [4.78, 5) is 0.0748. The van der Waals surface area contributed by atoms with Crippen LogP contribution in [0.2, 0.25) is 5.02 Å². The smallest absolute Gasteiger partial charge is 0.264 e. The lowest BCUT2D eigenvalue weighted by Crippen LogP contribution is -2.30. The molecule has 29 heavy (non-hydrogen) atoms. The van der Waals surface area contributed by atoms with Crippen molar-refractivity contribution in [3.8, 4) is 11.5 Å². The van der Waals surface area contributed by atoms with Gasteiger partial charge in [0.1, 0.15) is 17.3 Å². The molecule has 3 aromatic carbocycles. The first-order valence-electron chi connectivity index (χ1n) is 8.59. The molecular formula is C21H19ClFNO4S. The summed E-state index contributed by atoms with van der Waals surface area (Å²) in [5.74, 6) is 0.480. The van der Waals surface area contributed by atoms with Crippen molar-refractivity contribution < 1.29 is 22.3 Å². The molecule has 0 aliphatic carbocycles. The van der Waals surface area contributed by atoms with Gasteiger partial charge in [-0.3, -0.25) is 4.31 Å². The first kappa shape index (κ1) is 21.0. The zero-order chi connectivity index (χ0) is 21.0. The van der Waals surface area contributed by atoms with Gasteiger partial charge in [-0.05, 0) is 42.0 Å². The van der Waals surface area contributed by atoms with Crippen LogP contribution in [0, 0.1) is 5.82 Å². The van der Waals surface area contributed by atoms with Crippen LogP contribution < -0.4 is 13.8 Å². The molecule has 0 amide bonds. The molecule has 0 saturated carbocycles. The average Bonchev–Trinajstić information content (AvgIpc) is 2.73. The summed E-state index contributed by atoms with van der Waals surface area (Å²) < 4.78 is 52.0. The SMILES string of the molecule is COc1cc(OC)cc(N(Cc2ccc(F)cc2)S(=O)(=O)c2ccc(Cl)cc2)c1. The van der Waals surface area contributed by atoms with Crippen molar-refractivity contribution >= 4 is 27.3 Å². The lowest BCUT2D eigenvalue weighted by Gasteiger charge is -2.25. The molecule has 0 saturated heterocycles. The van der Waals surface area contributed by atoms with E-state index in [-0.39, 0.29) is 11.4 Å². The molecular weight excluding hydrogens is 417 g/mol. The molecule has 152 valence electrons. The van der Waals surface area contributed by atoms with Crippen molar-refractivity contribution in [1.29, 1.82) is 0 Å². The van der Waals surface area contributed by atoms with E-state index in [0.717, 1.165) is 0 Å². The minimum absolute atomic E-state index is 0.0123. The van der Waals surface area contributed by atoms with Crippen LogP contribution in [0.1, 0.15) is 5.56 Å². The van der Waals surface area contributed by atoms with E-state index in [0.29, 0.717) is 27.8 Å². The Hall–Kier alpha value is -2.77. The van der Waals surface area contributed by atoms with Crippen molar-refractivity contribution in [2.45, 2.75) is 11.4 Å². The van der Waals surface area contributed by atoms with Gasteiger partial charge < -0.3 is 9.47 Å². The number of nitrogens with zero attached hydrogens (tertiary/aromatic N) is 1. The topological polar surface area (TPSA) is 55.8 Å². The summed E-state index contributed by atoms with van der Waals surface area (Å²) in [6.07, 6.45) is 0. The zero-order valence-corrected chi connectivity index (χ0v) is 17.4. The van der Waals surface area contributed by atoms with Crippen LogP contribution in [0.3, 0.4) is 0 Å². The molecule has 0 N–H and O–H groups in total. The number of ether oxygens (including phenoxy) is 2. The summed E-state index contributed by atoms with van der Waals surface area (Å²) in [5.41, 5.74) is 0.964. The molecule has 0 aliphatic rings. The van der Waals surface area contributed by atoms with Crippen LogP contribution in [0.15, 0.2) is 71.6 Å². The number of benzene rings is 3. The quantitative estimate of drug-likeness (QED) is 0.530. The largest absolute Gasteiger partial charge is 0.497 e. The second-order valence-electron chi connectivity index (χ2n) is 6.16. The molecule has 0 aromatic heterocycles. The van der Waals surface area contributed by atoms with Crippen molar-refractivity contribution in [1.82, 2.24) is 0 Å². The van der Waals surface area contributed by atoms with Crippen LogP contribution in [0.4, 0.5) is 10.1 Å². The molecule has 5 nitrogen and oxygen atoms in total. The number of sulfonamides is 1. The molecule has 0 unspecified atom stereocenters. The Morgan fingerprint density at radius 2 is 1.45 bits per heavy atom. The highest BCUT2D eigenvalue weighted by Gasteiger charge is 2.26. The zero-order valence-electron chi connectivity index (χ0n) is 15.8. The Labute approximate surface area is 174 Å². The third kappa shape index (κ3) is 4.81. The molecule has 0 heterocycles. The average molecular weight is 436 g/mol. The van der Waals surface area contributed by atoms with Gasteiger partial charge in [0.05, 0.1) is 31.3 Å². The number of anilines is 1. The van der Waals surface area contributed by atoms with Crippen LogP contribution in [-0.4, -0.2) is 22.6 Å². The van der Waals surface area contributed by atoms with E-state index in [4.69, 9.17) is 21.1 Å². The van der Waals surface area contributed by atoms with E-state index < -0.39 is 15.8 Å². The molecule has 0 radical (unpaired) electrons.